The topological polar surface area (TPSA) is 8.81 Å². The summed E-state index contributed by atoms with van der Waals surface area (Å²) in [5.74, 6) is 1.00. The highest BCUT2D eigenvalue weighted by molar-refractivity contribution is 6.31. The average molecular weight is 547 g/mol. The third kappa shape index (κ3) is 4.59. The molecule has 2 nitrogen and oxygen atoms in total. The fourth-order valence-corrected chi connectivity index (χ4v) is 5.79. The van der Waals surface area contributed by atoms with Crippen LogP contribution < -0.4 is 28.5 Å². The van der Waals surface area contributed by atoms with Crippen LogP contribution in [0.25, 0.3) is 32.8 Å². The minimum absolute atomic E-state index is 0. The molecule has 0 saturated heterocycles. The molecular weight excluding hydrogens is 515 g/mol. The van der Waals surface area contributed by atoms with E-state index >= 15 is 0 Å². The Kier molecular flexibility index (Phi) is 7.43. The smallest absolute Gasteiger partial charge is 0.238 e. The second-order valence-corrected chi connectivity index (χ2v) is 9.60. The predicted octanol–water partition coefficient (Wildman–Crippen LogP) is 4.57. The lowest BCUT2D eigenvalue weighted by Gasteiger charge is -2.21. The van der Waals surface area contributed by atoms with Crippen LogP contribution in [0.5, 0.6) is 0 Å². The Morgan fingerprint density at radius 3 is 2.58 bits per heavy atom. The third-order valence-corrected chi connectivity index (χ3v) is 7.42. The number of benzene rings is 2. The fraction of sp³-hybridized carbons (Fsp3) is 0.444. The number of unbranched alkanes of at least 4 members (excludes halogenated alkanes) is 2. The summed E-state index contributed by atoms with van der Waals surface area (Å²) in [7, 11) is 2.18. The number of nitrogens with zero attached hydrogens (tertiary/aromatic N) is 2. The van der Waals surface area contributed by atoms with E-state index in [0.717, 1.165) is 17.5 Å². The second-order valence-electron chi connectivity index (χ2n) is 9.16. The molecule has 0 radical (unpaired) electrons. The number of pyridine rings is 1. The Labute approximate surface area is 207 Å². The van der Waals surface area contributed by atoms with Gasteiger partial charge in [0, 0.05) is 23.0 Å². The van der Waals surface area contributed by atoms with Crippen LogP contribution in [-0.2, 0) is 13.6 Å². The number of aromatic nitrogens is 2. The molecule has 4 aromatic rings. The molecule has 0 aliphatic heterocycles. The number of rotatable bonds is 6. The van der Waals surface area contributed by atoms with Gasteiger partial charge in [-0.3, -0.25) is 0 Å². The van der Waals surface area contributed by atoms with Crippen LogP contribution in [0.3, 0.4) is 0 Å². The van der Waals surface area contributed by atoms with E-state index < -0.39 is 0 Å². The molecule has 0 amide bonds. The molecule has 1 aliphatic rings. The van der Waals surface area contributed by atoms with Gasteiger partial charge in [-0.15, -0.1) is 0 Å². The van der Waals surface area contributed by atoms with E-state index in [1.807, 2.05) is 6.07 Å². The summed E-state index contributed by atoms with van der Waals surface area (Å²) in [5.41, 5.74) is 5.21. The molecule has 0 bridgehead atoms. The van der Waals surface area contributed by atoms with Crippen molar-refractivity contribution in [3.05, 3.63) is 53.6 Å². The first-order valence-electron chi connectivity index (χ1n) is 11.7. The molecule has 2 heterocycles. The van der Waals surface area contributed by atoms with Crippen molar-refractivity contribution in [2.45, 2.75) is 64.3 Å². The van der Waals surface area contributed by atoms with Gasteiger partial charge in [-0.2, -0.15) is 4.57 Å². The van der Waals surface area contributed by atoms with Gasteiger partial charge in [-0.1, -0.05) is 75.1 Å². The Bertz CT molecular complexity index is 1190. The first kappa shape index (κ1) is 22.8. The summed E-state index contributed by atoms with van der Waals surface area (Å²) in [6, 6.07) is 17.4. The fourth-order valence-electron chi connectivity index (χ4n) is 5.61. The Morgan fingerprint density at radius 1 is 0.935 bits per heavy atom. The van der Waals surface area contributed by atoms with Crippen LogP contribution in [0.1, 0.15) is 57.8 Å². The number of para-hydroxylation sites is 1. The van der Waals surface area contributed by atoms with Gasteiger partial charge < -0.3 is 28.5 Å². The standard InChI is InChI=1S/C27H32ClN2.HI/c1-29-24-16-15-22(28)18-21(24)19-26-27(29)23-13-7-8-14-25(23)30(26)17-9-3-6-12-20-10-4-2-5-11-20;/h7-8,13-16,18-20H,2-6,9-12,17H2,1H3;1H/q+1;/p-1. The van der Waals surface area contributed by atoms with Gasteiger partial charge in [0.25, 0.3) is 0 Å². The summed E-state index contributed by atoms with van der Waals surface area (Å²) < 4.78 is 4.87. The van der Waals surface area contributed by atoms with Crippen molar-refractivity contribution in [1.29, 1.82) is 0 Å². The molecule has 1 saturated carbocycles. The summed E-state index contributed by atoms with van der Waals surface area (Å²) in [4.78, 5) is 0. The quantitative estimate of drug-likeness (QED) is 0.190. The molecule has 1 fully saturated rings. The van der Waals surface area contributed by atoms with Gasteiger partial charge in [0.1, 0.15) is 12.6 Å². The zero-order chi connectivity index (χ0) is 20.5. The summed E-state index contributed by atoms with van der Waals surface area (Å²) in [5, 5.41) is 3.35. The first-order valence-corrected chi connectivity index (χ1v) is 12.1. The predicted molar refractivity (Wildman–Crippen MR) is 128 cm³/mol. The lowest BCUT2D eigenvalue weighted by molar-refractivity contribution is -0.616. The Balaban J connectivity index is 0.00000231. The van der Waals surface area contributed by atoms with Gasteiger partial charge in [0.05, 0.1) is 10.9 Å². The lowest BCUT2D eigenvalue weighted by atomic mass is 9.85. The number of hydrogen-bond donors (Lipinski definition) is 0. The monoisotopic (exact) mass is 546 g/mol. The highest BCUT2D eigenvalue weighted by Gasteiger charge is 2.21. The molecule has 5 rings (SSSR count). The van der Waals surface area contributed by atoms with E-state index in [4.69, 9.17) is 11.6 Å². The number of fused-ring (bicyclic) bond motifs is 4. The van der Waals surface area contributed by atoms with Crippen molar-refractivity contribution >= 4 is 44.4 Å². The van der Waals surface area contributed by atoms with Gasteiger partial charge in [0.2, 0.25) is 11.0 Å². The molecule has 1 aliphatic carbocycles. The number of aryl methyl sites for hydroxylation is 2. The molecule has 0 spiro atoms. The number of halogens is 2. The molecule has 164 valence electrons. The highest BCUT2D eigenvalue weighted by atomic mass is 127. The van der Waals surface area contributed by atoms with Crippen LogP contribution >= 0.6 is 11.6 Å². The molecule has 31 heavy (non-hydrogen) atoms. The van der Waals surface area contributed by atoms with Gasteiger partial charge >= 0.3 is 0 Å². The molecule has 4 heteroatoms. The van der Waals surface area contributed by atoms with Crippen LogP contribution in [-0.4, -0.2) is 4.57 Å². The second kappa shape index (κ2) is 10.1. The van der Waals surface area contributed by atoms with E-state index in [9.17, 15) is 0 Å². The molecule has 2 aromatic carbocycles. The normalized spacial score (nSPS) is 15.0. The summed E-state index contributed by atoms with van der Waals surface area (Å²) >= 11 is 6.31. The van der Waals surface area contributed by atoms with E-state index in [-0.39, 0.29) is 24.0 Å². The maximum Gasteiger partial charge on any atom is 0.238 e. The number of hydrogen-bond acceptors (Lipinski definition) is 0. The SMILES string of the molecule is C[n+]1c2ccc(Cl)cc2cc2c1c1ccccc1n2CCCCCC1CCCCC1.[I-]. The molecule has 2 aromatic heterocycles. The van der Waals surface area contributed by atoms with Gasteiger partial charge in [-0.05, 0) is 42.7 Å². The molecular formula is C27H32ClIN2. The first-order chi connectivity index (χ1) is 14.7. The van der Waals surface area contributed by atoms with E-state index in [2.05, 4.69) is 58.6 Å². The molecule has 0 N–H and O–H groups in total. The minimum atomic E-state index is 0. The van der Waals surface area contributed by atoms with Crippen molar-refractivity contribution in [2.24, 2.45) is 13.0 Å². The van der Waals surface area contributed by atoms with Crippen molar-refractivity contribution in [1.82, 2.24) is 4.57 Å². The highest BCUT2D eigenvalue weighted by Crippen LogP contribution is 2.31. The Hall–Kier alpha value is -1.33. The van der Waals surface area contributed by atoms with Crippen LogP contribution in [0.2, 0.25) is 5.02 Å². The van der Waals surface area contributed by atoms with Crippen molar-refractivity contribution in [2.75, 3.05) is 0 Å². The molecule has 0 unspecified atom stereocenters. The minimum Gasteiger partial charge on any atom is -1.00 e. The van der Waals surface area contributed by atoms with Crippen LogP contribution in [0.15, 0.2) is 48.5 Å². The van der Waals surface area contributed by atoms with E-state index in [0.29, 0.717) is 0 Å². The van der Waals surface area contributed by atoms with Crippen molar-refractivity contribution < 1.29 is 28.5 Å². The van der Waals surface area contributed by atoms with Crippen LogP contribution in [0.4, 0.5) is 0 Å². The largest absolute Gasteiger partial charge is 1.00 e. The van der Waals surface area contributed by atoms with E-state index in [1.165, 1.54) is 90.6 Å². The molecule has 0 atom stereocenters. The summed E-state index contributed by atoms with van der Waals surface area (Å²) in [6.07, 6.45) is 12.7. The zero-order valence-electron chi connectivity index (χ0n) is 18.4. The van der Waals surface area contributed by atoms with Gasteiger partial charge in [-0.25, -0.2) is 0 Å². The lowest BCUT2D eigenvalue weighted by Crippen LogP contribution is -3.00. The van der Waals surface area contributed by atoms with Gasteiger partial charge in [0.15, 0.2) is 0 Å². The van der Waals surface area contributed by atoms with Crippen LogP contribution in [0, 0.1) is 5.92 Å². The maximum atomic E-state index is 6.31. The average Bonchev–Trinajstić information content (AvgIpc) is 3.08. The Morgan fingerprint density at radius 2 is 1.74 bits per heavy atom. The zero-order valence-corrected chi connectivity index (χ0v) is 21.3. The maximum absolute atomic E-state index is 6.31. The summed E-state index contributed by atoms with van der Waals surface area (Å²) in [6.45, 7) is 1.08. The van der Waals surface area contributed by atoms with Crippen molar-refractivity contribution in [3.63, 3.8) is 0 Å². The van der Waals surface area contributed by atoms with Crippen molar-refractivity contribution in [3.8, 4) is 0 Å². The third-order valence-electron chi connectivity index (χ3n) is 7.18. The van der Waals surface area contributed by atoms with E-state index in [1.54, 1.807) is 0 Å².